The number of aryl methyl sites for hydroxylation is 2. The molecule has 0 saturated carbocycles. The molecule has 1 unspecified atom stereocenters. The minimum atomic E-state index is -0.147. The molecule has 0 aliphatic carbocycles. The summed E-state index contributed by atoms with van der Waals surface area (Å²) in [5, 5.41) is 8.14. The zero-order valence-electron chi connectivity index (χ0n) is 16.3. The van der Waals surface area contributed by atoms with Crippen LogP contribution in [0.5, 0.6) is 11.5 Å². The molecule has 29 heavy (non-hydrogen) atoms. The predicted molar refractivity (Wildman–Crippen MR) is 102 cm³/mol. The second-order valence-corrected chi connectivity index (χ2v) is 7.26. The SMILES string of the molecule is CCc1onc(C)c1C1CCCN1C(=O)c1cc(-c2ccc3c(c2)OCO3)on1. The summed E-state index contributed by atoms with van der Waals surface area (Å²) >= 11 is 0. The van der Waals surface area contributed by atoms with E-state index >= 15 is 0 Å². The first-order valence-electron chi connectivity index (χ1n) is 9.78. The summed E-state index contributed by atoms with van der Waals surface area (Å²) in [4.78, 5) is 15.1. The normalized spacial score (nSPS) is 17.9. The molecule has 1 atom stereocenters. The fourth-order valence-corrected chi connectivity index (χ4v) is 4.12. The van der Waals surface area contributed by atoms with Crippen LogP contribution in [0.15, 0.2) is 33.3 Å². The van der Waals surface area contributed by atoms with E-state index in [9.17, 15) is 4.79 Å². The molecule has 0 bridgehead atoms. The first-order valence-corrected chi connectivity index (χ1v) is 9.78. The fourth-order valence-electron chi connectivity index (χ4n) is 4.12. The number of hydrogen-bond donors (Lipinski definition) is 0. The first-order chi connectivity index (χ1) is 14.2. The van der Waals surface area contributed by atoms with E-state index < -0.39 is 0 Å². The lowest BCUT2D eigenvalue weighted by molar-refractivity contribution is 0.0724. The average molecular weight is 395 g/mol. The number of rotatable bonds is 4. The van der Waals surface area contributed by atoms with Crippen molar-refractivity contribution >= 4 is 5.91 Å². The van der Waals surface area contributed by atoms with Crippen molar-refractivity contribution in [2.75, 3.05) is 13.3 Å². The van der Waals surface area contributed by atoms with E-state index in [2.05, 4.69) is 10.3 Å². The van der Waals surface area contributed by atoms with Gasteiger partial charge in [0, 0.05) is 30.2 Å². The van der Waals surface area contributed by atoms with Crippen LogP contribution in [0, 0.1) is 6.92 Å². The molecule has 0 N–H and O–H groups in total. The zero-order chi connectivity index (χ0) is 20.0. The predicted octanol–water partition coefficient (Wildman–Crippen LogP) is 3.91. The molecule has 4 heterocycles. The molecule has 1 saturated heterocycles. The van der Waals surface area contributed by atoms with Gasteiger partial charge in [0.1, 0.15) is 5.76 Å². The van der Waals surface area contributed by atoms with Crippen LogP contribution in [0.3, 0.4) is 0 Å². The summed E-state index contributed by atoms with van der Waals surface area (Å²) < 4.78 is 21.7. The van der Waals surface area contributed by atoms with Crippen molar-refractivity contribution < 1.29 is 23.3 Å². The van der Waals surface area contributed by atoms with Gasteiger partial charge >= 0.3 is 0 Å². The van der Waals surface area contributed by atoms with Crippen LogP contribution < -0.4 is 9.47 Å². The molecular formula is C21H21N3O5. The minimum Gasteiger partial charge on any atom is -0.454 e. The molecule has 150 valence electrons. The quantitative estimate of drug-likeness (QED) is 0.661. The number of hydrogen-bond acceptors (Lipinski definition) is 7. The third kappa shape index (κ3) is 2.95. The molecule has 2 aliphatic heterocycles. The van der Waals surface area contributed by atoms with Crippen LogP contribution in [0.25, 0.3) is 11.3 Å². The number of benzene rings is 1. The van der Waals surface area contributed by atoms with Gasteiger partial charge in [-0.2, -0.15) is 0 Å². The highest BCUT2D eigenvalue weighted by Gasteiger charge is 2.36. The molecule has 8 heteroatoms. The number of fused-ring (bicyclic) bond motifs is 1. The topological polar surface area (TPSA) is 90.8 Å². The Bertz CT molecular complexity index is 1070. The monoisotopic (exact) mass is 395 g/mol. The third-order valence-corrected chi connectivity index (χ3v) is 5.54. The van der Waals surface area contributed by atoms with Gasteiger partial charge in [-0.05, 0) is 38.0 Å². The Hall–Kier alpha value is -3.29. The van der Waals surface area contributed by atoms with E-state index in [1.54, 1.807) is 6.07 Å². The average Bonchev–Trinajstić information content (AvgIpc) is 3.52. The minimum absolute atomic E-state index is 0.0469. The number of carbonyl (C=O) groups is 1. The van der Waals surface area contributed by atoms with E-state index in [1.807, 2.05) is 36.9 Å². The maximum atomic E-state index is 13.2. The van der Waals surface area contributed by atoms with Gasteiger partial charge in [-0.3, -0.25) is 4.79 Å². The summed E-state index contributed by atoms with van der Waals surface area (Å²) in [7, 11) is 0. The van der Waals surface area contributed by atoms with Crippen molar-refractivity contribution in [1.29, 1.82) is 0 Å². The van der Waals surface area contributed by atoms with Gasteiger partial charge < -0.3 is 23.4 Å². The molecule has 5 rings (SSSR count). The van der Waals surface area contributed by atoms with E-state index in [1.165, 1.54) is 0 Å². The molecule has 0 spiro atoms. The summed E-state index contributed by atoms with van der Waals surface area (Å²) in [6.45, 7) is 4.83. The Labute approximate surface area is 167 Å². The number of likely N-dealkylation sites (tertiary alicyclic amines) is 1. The van der Waals surface area contributed by atoms with Crippen LogP contribution in [0.1, 0.15) is 53.3 Å². The van der Waals surface area contributed by atoms with Gasteiger partial charge in [0.15, 0.2) is 23.0 Å². The summed E-state index contributed by atoms with van der Waals surface area (Å²) in [5.41, 5.74) is 2.93. The van der Waals surface area contributed by atoms with Crippen molar-refractivity contribution in [2.24, 2.45) is 0 Å². The molecule has 2 aromatic heterocycles. The van der Waals surface area contributed by atoms with E-state index in [0.29, 0.717) is 23.8 Å². The Morgan fingerprint density at radius 2 is 2.03 bits per heavy atom. The first kappa shape index (κ1) is 17.8. The lowest BCUT2D eigenvalue weighted by Gasteiger charge is -2.24. The lowest BCUT2D eigenvalue weighted by Crippen LogP contribution is -2.31. The molecule has 1 amide bonds. The maximum Gasteiger partial charge on any atom is 0.276 e. The molecule has 1 fully saturated rings. The van der Waals surface area contributed by atoms with Gasteiger partial charge in [0.05, 0.1) is 11.7 Å². The van der Waals surface area contributed by atoms with E-state index in [-0.39, 0.29) is 24.4 Å². The second kappa shape index (κ2) is 6.95. The fraction of sp³-hybridized carbons (Fsp3) is 0.381. The number of aromatic nitrogens is 2. The van der Waals surface area contributed by atoms with Gasteiger partial charge in [-0.15, -0.1) is 0 Å². The molecular weight excluding hydrogens is 374 g/mol. The summed E-state index contributed by atoms with van der Waals surface area (Å²) in [6.07, 6.45) is 2.55. The number of ether oxygens (including phenoxy) is 2. The van der Waals surface area contributed by atoms with Crippen molar-refractivity contribution in [3.63, 3.8) is 0 Å². The van der Waals surface area contributed by atoms with Crippen LogP contribution in [-0.2, 0) is 6.42 Å². The second-order valence-electron chi connectivity index (χ2n) is 7.26. The van der Waals surface area contributed by atoms with Crippen molar-refractivity contribution in [1.82, 2.24) is 15.2 Å². The molecule has 0 radical (unpaired) electrons. The van der Waals surface area contributed by atoms with Crippen LogP contribution in [-0.4, -0.2) is 34.5 Å². The number of nitrogens with zero attached hydrogens (tertiary/aromatic N) is 3. The standard InChI is InChI=1S/C21H21N3O5/c1-3-16-20(12(2)22-28-16)15-5-4-8-24(15)21(25)14-10-18(29-23-14)13-6-7-17-19(9-13)27-11-26-17/h6-7,9-10,15H,3-5,8,11H2,1-2H3. The van der Waals surface area contributed by atoms with Crippen LogP contribution in [0.4, 0.5) is 0 Å². The lowest BCUT2D eigenvalue weighted by atomic mass is 10.0. The van der Waals surface area contributed by atoms with Gasteiger partial charge in [-0.25, -0.2) is 0 Å². The number of amides is 1. The van der Waals surface area contributed by atoms with Gasteiger partial charge in [0.25, 0.3) is 5.91 Å². The largest absolute Gasteiger partial charge is 0.454 e. The highest BCUT2D eigenvalue weighted by Crippen LogP contribution is 2.38. The Kier molecular flexibility index (Phi) is 4.26. The van der Waals surface area contributed by atoms with E-state index in [0.717, 1.165) is 41.8 Å². The smallest absolute Gasteiger partial charge is 0.276 e. The molecule has 3 aromatic rings. The Morgan fingerprint density at radius 3 is 2.90 bits per heavy atom. The van der Waals surface area contributed by atoms with Crippen LogP contribution >= 0.6 is 0 Å². The van der Waals surface area contributed by atoms with Crippen molar-refractivity contribution in [2.45, 2.75) is 39.2 Å². The summed E-state index contributed by atoms with van der Waals surface area (Å²) in [5.74, 6) is 2.55. The van der Waals surface area contributed by atoms with Gasteiger partial charge in [0.2, 0.25) is 6.79 Å². The highest BCUT2D eigenvalue weighted by atomic mass is 16.7. The van der Waals surface area contributed by atoms with E-state index in [4.69, 9.17) is 18.5 Å². The van der Waals surface area contributed by atoms with Gasteiger partial charge in [-0.1, -0.05) is 17.2 Å². The van der Waals surface area contributed by atoms with Crippen molar-refractivity contribution in [3.8, 4) is 22.8 Å². The Morgan fingerprint density at radius 1 is 1.17 bits per heavy atom. The number of carbonyl (C=O) groups excluding carboxylic acids is 1. The molecule has 1 aromatic carbocycles. The zero-order valence-corrected chi connectivity index (χ0v) is 16.3. The summed E-state index contributed by atoms with van der Waals surface area (Å²) in [6, 6.07) is 7.13. The maximum absolute atomic E-state index is 13.2. The third-order valence-electron chi connectivity index (χ3n) is 5.54. The highest BCUT2D eigenvalue weighted by molar-refractivity contribution is 5.93. The van der Waals surface area contributed by atoms with Crippen molar-refractivity contribution in [3.05, 3.63) is 47.0 Å². The molecule has 8 nitrogen and oxygen atoms in total. The van der Waals surface area contributed by atoms with Crippen LogP contribution in [0.2, 0.25) is 0 Å². The Balaban J connectivity index is 1.41. The molecule has 2 aliphatic rings.